The van der Waals surface area contributed by atoms with Crippen molar-refractivity contribution in [1.82, 2.24) is 9.97 Å². The number of morpholine rings is 1. The number of aryl methyl sites for hydroxylation is 1. The lowest BCUT2D eigenvalue weighted by atomic mass is 9.76. The molecule has 6 nitrogen and oxygen atoms in total. The molecule has 2 saturated heterocycles. The average molecular weight is 346 g/mol. The Hall–Kier alpha value is -1.40. The maximum absolute atomic E-state index is 5.85. The van der Waals surface area contributed by atoms with E-state index in [4.69, 9.17) is 14.5 Å². The van der Waals surface area contributed by atoms with E-state index >= 15 is 0 Å². The summed E-state index contributed by atoms with van der Waals surface area (Å²) in [4.78, 5) is 14.3. The first-order valence-electron chi connectivity index (χ1n) is 9.66. The molecule has 0 aromatic carbocycles. The van der Waals surface area contributed by atoms with E-state index in [1.807, 2.05) is 7.11 Å². The largest absolute Gasteiger partial charge is 0.381 e. The van der Waals surface area contributed by atoms with Crippen LogP contribution < -0.4 is 9.80 Å². The summed E-state index contributed by atoms with van der Waals surface area (Å²) in [6.45, 7) is 7.48. The van der Waals surface area contributed by atoms with Crippen molar-refractivity contribution in [3.8, 4) is 0 Å². The van der Waals surface area contributed by atoms with Gasteiger partial charge in [-0.25, -0.2) is 4.98 Å². The maximum atomic E-state index is 5.85. The zero-order chi connectivity index (χ0) is 17.3. The summed E-state index contributed by atoms with van der Waals surface area (Å²) >= 11 is 0. The molecule has 3 fully saturated rings. The summed E-state index contributed by atoms with van der Waals surface area (Å²) in [6.07, 6.45) is 6.66. The van der Waals surface area contributed by atoms with Crippen LogP contribution in [0.3, 0.4) is 0 Å². The summed E-state index contributed by atoms with van der Waals surface area (Å²) in [5.41, 5.74) is 1.35. The van der Waals surface area contributed by atoms with Crippen molar-refractivity contribution in [1.29, 1.82) is 0 Å². The summed E-state index contributed by atoms with van der Waals surface area (Å²) in [5, 5.41) is 0. The number of rotatable bonds is 3. The lowest BCUT2D eigenvalue weighted by Crippen LogP contribution is -2.48. The minimum atomic E-state index is 0.310. The molecule has 3 heterocycles. The second-order valence-corrected chi connectivity index (χ2v) is 7.77. The molecule has 25 heavy (non-hydrogen) atoms. The van der Waals surface area contributed by atoms with Gasteiger partial charge in [0, 0.05) is 50.5 Å². The molecule has 0 amide bonds. The average Bonchev–Trinajstić information content (AvgIpc) is 3.03. The van der Waals surface area contributed by atoms with Crippen LogP contribution in [0.4, 0.5) is 11.8 Å². The minimum absolute atomic E-state index is 0.310. The number of methoxy groups -OCH3 is 1. The van der Waals surface area contributed by atoms with Crippen LogP contribution in [-0.2, 0) is 9.47 Å². The van der Waals surface area contributed by atoms with E-state index < -0.39 is 0 Å². The summed E-state index contributed by atoms with van der Waals surface area (Å²) in [6, 6.07) is 2.14. The number of nitrogens with zero attached hydrogens (tertiary/aromatic N) is 4. The van der Waals surface area contributed by atoms with Crippen LogP contribution in [-0.4, -0.2) is 62.6 Å². The van der Waals surface area contributed by atoms with Crippen LogP contribution in [0.5, 0.6) is 0 Å². The molecule has 1 spiro atoms. The van der Waals surface area contributed by atoms with Gasteiger partial charge >= 0.3 is 0 Å². The first-order chi connectivity index (χ1) is 12.2. The van der Waals surface area contributed by atoms with E-state index in [0.29, 0.717) is 11.5 Å². The van der Waals surface area contributed by atoms with Gasteiger partial charge in [0.2, 0.25) is 5.95 Å². The Morgan fingerprint density at radius 1 is 1.12 bits per heavy atom. The van der Waals surface area contributed by atoms with Gasteiger partial charge in [0.05, 0.1) is 19.3 Å². The van der Waals surface area contributed by atoms with Gasteiger partial charge in [-0.3, -0.25) is 0 Å². The molecule has 1 aromatic heterocycles. The maximum Gasteiger partial charge on any atom is 0.227 e. The third-order valence-corrected chi connectivity index (χ3v) is 6.16. The molecule has 6 heteroatoms. The molecule has 1 saturated carbocycles. The Bertz CT molecular complexity index is 605. The van der Waals surface area contributed by atoms with Gasteiger partial charge < -0.3 is 19.3 Å². The second kappa shape index (κ2) is 7.08. The zero-order valence-corrected chi connectivity index (χ0v) is 15.5. The zero-order valence-electron chi connectivity index (χ0n) is 15.5. The van der Waals surface area contributed by atoms with E-state index in [1.54, 1.807) is 0 Å². The number of aromatic nitrogens is 2. The Labute approximate surface area is 150 Å². The molecular formula is C19H30N4O2. The molecule has 1 aromatic rings. The van der Waals surface area contributed by atoms with Gasteiger partial charge in [-0.05, 0) is 32.6 Å². The highest BCUT2D eigenvalue weighted by molar-refractivity contribution is 5.47. The second-order valence-electron chi connectivity index (χ2n) is 7.77. The fourth-order valence-electron chi connectivity index (χ4n) is 4.90. The van der Waals surface area contributed by atoms with Gasteiger partial charge in [-0.15, -0.1) is 0 Å². The molecule has 0 bridgehead atoms. The lowest BCUT2D eigenvalue weighted by molar-refractivity contribution is 0.00216. The fourth-order valence-corrected chi connectivity index (χ4v) is 4.90. The van der Waals surface area contributed by atoms with Crippen LogP contribution in [0.1, 0.15) is 37.8 Å². The molecule has 2 aliphatic heterocycles. The number of piperidine rings is 1. The normalized spacial score (nSPS) is 30.2. The Balaban J connectivity index is 1.57. The highest BCUT2D eigenvalue weighted by Gasteiger charge is 2.46. The molecule has 2 atom stereocenters. The van der Waals surface area contributed by atoms with Crippen molar-refractivity contribution in [3.63, 3.8) is 0 Å². The predicted octanol–water partition coefficient (Wildman–Crippen LogP) is 2.41. The monoisotopic (exact) mass is 346 g/mol. The van der Waals surface area contributed by atoms with Gasteiger partial charge in [0.1, 0.15) is 5.82 Å². The van der Waals surface area contributed by atoms with E-state index in [0.717, 1.165) is 56.9 Å². The van der Waals surface area contributed by atoms with E-state index in [2.05, 4.69) is 27.8 Å². The van der Waals surface area contributed by atoms with E-state index in [-0.39, 0.29) is 0 Å². The van der Waals surface area contributed by atoms with Crippen molar-refractivity contribution in [2.75, 3.05) is 56.3 Å². The topological polar surface area (TPSA) is 50.7 Å². The summed E-state index contributed by atoms with van der Waals surface area (Å²) in [7, 11) is 1.88. The molecule has 0 unspecified atom stereocenters. The summed E-state index contributed by atoms with van der Waals surface area (Å²) < 4.78 is 11.3. The molecule has 3 aliphatic rings. The summed E-state index contributed by atoms with van der Waals surface area (Å²) in [5.74, 6) is 1.93. The highest BCUT2D eigenvalue weighted by Crippen LogP contribution is 2.47. The van der Waals surface area contributed by atoms with Crippen LogP contribution in [0.25, 0.3) is 0 Å². The van der Waals surface area contributed by atoms with Crippen LogP contribution in [0, 0.1) is 12.3 Å². The number of ether oxygens (including phenoxy) is 2. The minimum Gasteiger partial charge on any atom is -0.381 e. The first-order valence-corrected chi connectivity index (χ1v) is 9.66. The fraction of sp³-hybridized carbons (Fsp3) is 0.789. The van der Waals surface area contributed by atoms with Crippen molar-refractivity contribution < 1.29 is 9.47 Å². The predicted molar refractivity (Wildman–Crippen MR) is 98.3 cm³/mol. The van der Waals surface area contributed by atoms with Gasteiger partial charge in [-0.1, -0.05) is 6.42 Å². The SMILES string of the molecule is CO[C@@H]1CCC[C@@]12CCCN(c1cc(C)nc(N3CCOCC3)n1)C2. The van der Waals surface area contributed by atoms with Crippen molar-refractivity contribution >= 4 is 11.8 Å². The molecule has 1 aliphatic carbocycles. The first kappa shape index (κ1) is 17.0. The smallest absolute Gasteiger partial charge is 0.227 e. The molecule has 4 rings (SSSR count). The van der Waals surface area contributed by atoms with Crippen LogP contribution in [0.15, 0.2) is 6.07 Å². The third kappa shape index (κ3) is 3.34. The van der Waals surface area contributed by atoms with Gasteiger partial charge in [-0.2, -0.15) is 4.98 Å². The molecule has 138 valence electrons. The number of hydrogen-bond acceptors (Lipinski definition) is 6. The van der Waals surface area contributed by atoms with Gasteiger partial charge in [0.25, 0.3) is 0 Å². The number of anilines is 2. The van der Waals surface area contributed by atoms with Crippen molar-refractivity contribution in [2.45, 2.75) is 45.1 Å². The van der Waals surface area contributed by atoms with Crippen molar-refractivity contribution in [3.05, 3.63) is 11.8 Å². The Morgan fingerprint density at radius 2 is 1.92 bits per heavy atom. The number of hydrogen-bond donors (Lipinski definition) is 0. The highest BCUT2D eigenvalue weighted by atomic mass is 16.5. The van der Waals surface area contributed by atoms with Crippen LogP contribution in [0.2, 0.25) is 0 Å². The Kier molecular flexibility index (Phi) is 4.82. The van der Waals surface area contributed by atoms with Crippen LogP contribution >= 0.6 is 0 Å². The van der Waals surface area contributed by atoms with E-state index in [1.165, 1.54) is 32.1 Å². The molecular weight excluding hydrogens is 316 g/mol. The van der Waals surface area contributed by atoms with E-state index in [9.17, 15) is 0 Å². The quantitative estimate of drug-likeness (QED) is 0.838. The lowest BCUT2D eigenvalue weighted by Gasteiger charge is -2.44. The standard InChI is InChI=1S/C19H30N4O2/c1-15-13-17(21-18(20-15)22-9-11-25-12-10-22)23-8-4-7-19(14-23)6-3-5-16(19)24-2/h13,16H,3-12,14H2,1-2H3/t16-,19+/m1/s1. The molecule has 0 N–H and O–H groups in total. The Morgan fingerprint density at radius 3 is 2.72 bits per heavy atom. The molecule has 0 radical (unpaired) electrons. The van der Waals surface area contributed by atoms with Gasteiger partial charge in [0.15, 0.2) is 0 Å². The third-order valence-electron chi connectivity index (χ3n) is 6.16. The van der Waals surface area contributed by atoms with Crippen molar-refractivity contribution in [2.24, 2.45) is 5.41 Å².